The predicted molar refractivity (Wildman–Crippen MR) is 231 cm³/mol. The van der Waals surface area contributed by atoms with Crippen molar-refractivity contribution in [2.75, 3.05) is 0 Å². The summed E-state index contributed by atoms with van der Waals surface area (Å²) in [7, 11) is 0. The highest BCUT2D eigenvalue weighted by molar-refractivity contribution is 6.25. The van der Waals surface area contributed by atoms with Crippen molar-refractivity contribution in [1.82, 2.24) is 9.97 Å². The Hall–Kier alpha value is -6.90. The minimum absolute atomic E-state index is 0.119. The molecule has 0 N–H and O–H groups in total. The smallest absolute Gasteiger partial charge is 0.160 e. The van der Waals surface area contributed by atoms with Gasteiger partial charge in [-0.1, -0.05) is 184 Å². The van der Waals surface area contributed by atoms with Gasteiger partial charge in [-0.2, -0.15) is 0 Å². The van der Waals surface area contributed by atoms with E-state index in [1.807, 2.05) is 6.07 Å². The van der Waals surface area contributed by atoms with Crippen LogP contribution in [-0.2, 0) is 5.41 Å². The third-order valence-corrected chi connectivity index (χ3v) is 11.9. The first-order chi connectivity index (χ1) is 27.0. The van der Waals surface area contributed by atoms with Crippen molar-refractivity contribution in [3.63, 3.8) is 0 Å². The number of nitrogens with zero attached hydrogens (tertiary/aromatic N) is 2. The van der Waals surface area contributed by atoms with Gasteiger partial charge in [-0.05, 0) is 88.6 Å². The van der Waals surface area contributed by atoms with Crippen molar-refractivity contribution in [3.05, 3.63) is 193 Å². The van der Waals surface area contributed by atoms with Gasteiger partial charge in [0.25, 0.3) is 0 Å². The predicted octanol–water partition coefficient (Wildman–Crippen LogP) is 14.1. The average Bonchev–Trinajstić information content (AvgIpc) is 3.49. The Morgan fingerprint density at radius 3 is 1.55 bits per heavy atom. The van der Waals surface area contributed by atoms with E-state index in [1.165, 1.54) is 76.5 Å². The Balaban J connectivity index is 1.13. The van der Waals surface area contributed by atoms with Gasteiger partial charge in [0, 0.05) is 22.1 Å². The van der Waals surface area contributed by atoms with Crippen LogP contribution >= 0.6 is 0 Å². The number of rotatable bonds is 4. The van der Waals surface area contributed by atoms with E-state index in [2.05, 4.69) is 190 Å². The van der Waals surface area contributed by atoms with E-state index >= 15 is 0 Å². The van der Waals surface area contributed by atoms with Crippen LogP contribution in [0.15, 0.2) is 182 Å². The summed E-state index contributed by atoms with van der Waals surface area (Å²) in [6.45, 7) is 4.73. The van der Waals surface area contributed by atoms with Crippen molar-refractivity contribution < 1.29 is 0 Å². The molecule has 258 valence electrons. The summed E-state index contributed by atoms with van der Waals surface area (Å²) in [5, 5.41) is 9.90. The molecule has 11 rings (SSSR count). The van der Waals surface area contributed by atoms with Gasteiger partial charge in [0.1, 0.15) is 0 Å². The summed E-state index contributed by atoms with van der Waals surface area (Å²) in [5.74, 6) is 0.713. The molecule has 1 aliphatic rings. The first-order valence-electron chi connectivity index (χ1n) is 19.1. The Labute approximate surface area is 320 Å². The van der Waals surface area contributed by atoms with E-state index < -0.39 is 0 Å². The highest BCUT2D eigenvalue weighted by atomic mass is 14.9. The van der Waals surface area contributed by atoms with Gasteiger partial charge in [-0.25, -0.2) is 9.97 Å². The average molecular weight is 701 g/mol. The molecule has 0 saturated heterocycles. The highest BCUT2D eigenvalue weighted by Gasteiger charge is 2.37. The largest absolute Gasteiger partial charge is 0.228 e. The molecule has 10 aromatic rings. The molecule has 2 nitrogen and oxygen atoms in total. The molecule has 0 aliphatic heterocycles. The normalized spacial score (nSPS) is 13.1. The van der Waals surface area contributed by atoms with Crippen LogP contribution in [-0.4, -0.2) is 9.97 Å². The highest BCUT2D eigenvalue weighted by Crippen LogP contribution is 2.53. The molecule has 0 spiro atoms. The lowest BCUT2D eigenvalue weighted by molar-refractivity contribution is 0.662. The molecule has 0 amide bonds. The second-order valence-corrected chi connectivity index (χ2v) is 15.3. The van der Waals surface area contributed by atoms with Gasteiger partial charge < -0.3 is 0 Å². The van der Waals surface area contributed by atoms with E-state index in [4.69, 9.17) is 9.97 Å². The zero-order chi connectivity index (χ0) is 36.7. The Morgan fingerprint density at radius 2 is 0.836 bits per heavy atom. The van der Waals surface area contributed by atoms with Gasteiger partial charge in [0.05, 0.1) is 11.4 Å². The van der Waals surface area contributed by atoms with Gasteiger partial charge >= 0.3 is 0 Å². The van der Waals surface area contributed by atoms with Crippen LogP contribution in [0.1, 0.15) is 25.0 Å². The molecule has 1 aliphatic carbocycles. The summed E-state index contributed by atoms with van der Waals surface area (Å²) in [6, 6.07) is 65.9. The van der Waals surface area contributed by atoms with E-state index in [0.29, 0.717) is 5.82 Å². The van der Waals surface area contributed by atoms with E-state index in [9.17, 15) is 0 Å². The zero-order valence-corrected chi connectivity index (χ0v) is 30.7. The molecule has 0 unspecified atom stereocenters. The molecule has 55 heavy (non-hydrogen) atoms. The Morgan fingerprint density at radius 1 is 0.327 bits per heavy atom. The number of hydrogen-bond acceptors (Lipinski definition) is 2. The molecular weight excluding hydrogens is 665 g/mol. The molecule has 2 heteroatoms. The fourth-order valence-corrected chi connectivity index (χ4v) is 9.35. The lowest BCUT2D eigenvalue weighted by Crippen LogP contribution is -2.16. The fraction of sp³-hybridized carbons (Fsp3) is 0.0566. The standard InChI is InChI=1S/C53H36N2/c1-53(2)48-26-13-12-23-43(48)46-25-14-24-45(51(46)53)41-29-30-44(39-21-10-8-20-38(39)41)50-32-49(54-52(55-50)33-15-4-3-5-16-33)34-27-28-42-37-19-7-6-17-35(37)36-18-9-11-22-40(36)47(42)31-34/h3-32H,1-2H3. The van der Waals surface area contributed by atoms with Crippen molar-refractivity contribution in [2.24, 2.45) is 0 Å². The Kier molecular flexibility index (Phi) is 6.93. The first kappa shape index (κ1) is 31.6. The second-order valence-electron chi connectivity index (χ2n) is 15.3. The molecule has 9 aromatic carbocycles. The summed E-state index contributed by atoms with van der Waals surface area (Å²) >= 11 is 0. The van der Waals surface area contributed by atoms with Crippen LogP contribution < -0.4 is 0 Å². The van der Waals surface area contributed by atoms with Gasteiger partial charge in [-0.3, -0.25) is 0 Å². The summed E-state index contributed by atoms with van der Waals surface area (Å²) in [4.78, 5) is 10.6. The summed E-state index contributed by atoms with van der Waals surface area (Å²) in [5.41, 5.74) is 12.8. The van der Waals surface area contributed by atoms with Crippen LogP contribution in [0.2, 0.25) is 0 Å². The van der Waals surface area contributed by atoms with Gasteiger partial charge in [-0.15, -0.1) is 0 Å². The third-order valence-electron chi connectivity index (χ3n) is 11.9. The van der Waals surface area contributed by atoms with E-state index in [1.54, 1.807) is 0 Å². The van der Waals surface area contributed by atoms with Crippen LogP contribution in [0.3, 0.4) is 0 Å². The second kappa shape index (κ2) is 12.1. The van der Waals surface area contributed by atoms with Crippen LogP contribution in [0.4, 0.5) is 0 Å². The molecule has 0 bridgehead atoms. The molecule has 0 radical (unpaired) electrons. The van der Waals surface area contributed by atoms with E-state index in [-0.39, 0.29) is 5.41 Å². The van der Waals surface area contributed by atoms with Crippen molar-refractivity contribution in [3.8, 4) is 56.2 Å². The molecule has 1 heterocycles. The number of hydrogen-bond donors (Lipinski definition) is 0. The molecule has 0 atom stereocenters. The minimum Gasteiger partial charge on any atom is -0.228 e. The minimum atomic E-state index is -0.119. The lowest BCUT2D eigenvalue weighted by atomic mass is 9.78. The quantitative estimate of drug-likeness (QED) is 0.171. The molecule has 0 saturated carbocycles. The SMILES string of the molecule is CC1(C)c2ccccc2-c2cccc(-c3ccc(-c4cc(-c5ccc6c7ccccc7c7ccccc7c6c5)nc(-c5ccccc5)n4)c4ccccc34)c21. The molecular formula is C53H36N2. The fourth-order valence-electron chi connectivity index (χ4n) is 9.35. The summed E-state index contributed by atoms with van der Waals surface area (Å²) < 4.78 is 0. The third kappa shape index (κ3) is 4.81. The van der Waals surface area contributed by atoms with Crippen LogP contribution in [0.25, 0.3) is 99.2 Å². The Bertz CT molecular complexity index is 3140. The first-order valence-corrected chi connectivity index (χ1v) is 19.1. The van der Waals surface area contributed by atoms with Crippen molar-refractivity contribution in [1.29, 1.82) is 0 Å². The van der Waals surface area contributed by atoms with Crippen LogP contribution in [0, 0.1) is 0 Å². The monoisotopic (exact) mass is 700 g/mol. The number of aromatic nitrogens is 2. The van der Waals surface area contributed by atoms with Gasteiger partial charge in [0.15, 0.2) is 5.82 Å². The molecule has 1 aromatic heterocycles. The maximum atomic E-state index is 5.30. The summed E-state index contributed by atoms with van der Waals surface area (Å²) in [6.07, 6.45) is 0. The van der Waals surface area contributed by atoms with Gasteiger partial charge in [0.2, 0.25) is 0 Å². The van der Waals surface area contributed by atoms with Crippen molar-refractivity contribution >= 4 is 43.1 Å². The maximum absolute atomic E-state index is 5.30. The van der Waals surface area contributed by atoms with Crippen LogP contribution in [0.5, 0.6) is 0 Å². The van der Waals surface area contributed by atoms with Crippen molar-refractivity contribution in [2.45, 2.75) is 19.3 Å². The number of fused-ring (bicyclic) bond motifs is 10. The van der Waals surface area contributed by atoms with E-state index in [0.717, 1.165) is 28.1 Å². The topological polar surface area (TPSA) is 25.8 Å². The zero-order valence-electron chi connectivity index (χ0n) is 30.7. The number of benzene rings is 9. The lowest BCUT2D eigenvalue weighted by Gasteiger charge is -2.25. The maximum Gasteiger partial charge on any atom is 0.160 e. The molecule has 0 fully saturated rings.